The number of alkyl carbamates (subject to hydrolysis) is 1. The van der Waals surface area contributed by atoms with Crippen molar-refractivity contribution in [2.75, 3.05) is 19.0 Å². The number of methoxy groups -OCH3 is 1. The number of nitrogens with zero attached hydrogens (tertiary/aromatic N) is 1. The monoisotopic (exact) mass is 501 g/mol. The molecular weight excluding hydrogens is 466 g/mol. The number of hydrogen-bond donors (Lipinski definition) is 4. The van der Waals surface area contributed by atoms with Crippen LogP contribution in [0.1, 0.15) is 46.2 Å². The summed E-state index contributed by atoms with van der Waals surface area (Å²) in [4.78, 5) is 40.7. The van der Waals surface area contributed by atoms with Gasteiger partial charge in [-0.05, 0) is 65.0 Å². The number of phenolic OH excluding ortho intramolecular Hbond substituents is 1. The van der Waals surface area contributed by atoms with Gasteiger partial charge < -0.3 is 35.2 Å². The molecule has 2 aromatic carbocycles. The number of benzene rings is 2. The first-order chi connectivity index (χ1) is 16.9. The molecule has 0 aliphatic rings. The molecule has 0 saturated carbocycles. The van der Waals surface area contributed by atoms with Crippen molar-refractivity contribution in [1.82, 2.24) is 10.2 Å². The minimum absolute atomic E-state index is 0.180. The number of aromatic hydroxyl groups is 1. The summed E-state index contributed by atoms with van der Waals surface area (Å²) >= 11 is 0. The van der Waals surface area contributed by atoms with E-state index in [2.05, 4.69) is 10.6 Å². The normalized spacial score (nSPS) is 12.9. The molecule has 10 nitrogen and oxygen atoms in total. The Bertz CT molecular complexity index is 1050. The molecule has 2 atom stereocenters. The highest BCUT2D eigenvalue weighted by Crippen LogP contribution is 2.32. The Morgan fingerprint density at radius 2 is 1.64 bits per heavy atom. The summed E-state index contributed by atoms with van der Waals surface area (Å²) in [5, 5.41) is 25.6. The SMILES string of the molecule is COc1ccc(NC(=O)C(c2ccccc2O)N(C(=O)C(CO)NC(=O)OC(C)(C)C)C(C)C)cc1. The van der Waals surface area contributed by atoms with Gasteiger partial charge in [0.05, 0.1) is 13.7 Å². The van der Waals surface area contributed by atoms with Gasteiger partial charge in [0.2, 0.25) is 5.91 Å². The van der Waals surface area contributed by atoms with E-state index in [1.54, 1.807) is 71.0 Å². The van der Waals surface area contributed by atoms with Crippen molar-refractivity contribution >= 4 is 23.6 Å². The fourth-order valence-electron chi connectivity index (χ4n) is 3.52. The van der Waals surface area contributed by atoms with E-state index in [9.17, 15) is 24.6 Å². The third-order valence-corrected chi connectivity index (χ3v) is 5.10. The zero-order valence-corrected chi connectivity index (χ0v) is 21.4. The summed E-state index contributed by atoms with van der Waals surface area (Å²) in [5.74, 6) is -0.913. The van der Waals surface area contributed by atoms with Gasteiger partial charge in [-0.1, -0.05) is 18.2 Å². The number of phenols is 1. The van der Waals surface area contributed by atoms with Gasteiger partial charge in [-0.3, -0.25) is 9.59 Å². The van der Waals surface area contributed by atoms with Gasteiger partial charge in [0, 0.05) is 17.3 Å². The molecule has 4 N–H and O–H groups in total. The molecule has 0 aliphatic carbocycles. The van der Waals surface area contributed by atoms with Crippen LogP contribution >= 0.6 is 0 Å². The highest BCUT2D eigenvalue weighted by atomic mass is 16.6. The Labute approximate surface area is 211 Å². The van der Waals surface area contributed by atoms with Crippen molar-refractivity contribution < 1.29 is 34.1 Å². The van der Waals surface area contributed by atoms with Crippen molar-refractivity contribution in [2.45, 2.75) is 58.3 Å². The Kier molecular flexibility index (Phi) is 9.68. The molecule has 0 fully saturated rings. The quantitative estimate of drug-likeness (QED) is 0.414. The molecule has 2 aromatic rings. The lowest BCUT2D eigenvalue weighted by atomic mass is 10.00. The van der Waals surface area contributed by atoms with Crippen LogP contribution in [0.5, 0.6) is 11.5 Å². The van der Waals surface area contributed by atoms with Crippen LogP contribution in [0.3, 0.4) is 0 Å². The number of rotatable bonds is 9. The van der Waals surface area contributed by atoms with Crippen molar-refractivity contribution in [1.29, 1.82) is 0 Å². The van der Waals surface area contributed by atoms with Crippen LogP contribution in [-0.2, 0) is 14.3 Å². The van der Waals surface area contributed by atoms with Crippen LogP contribution in [-0.4, -0.2) is 64.4 Å². The second kappa shape index (κ2) is 12.3. The van der Waals surface area contributed by atoms with Gasteiger partial charge in [0.15, 0.2) is 0 Å². The van der Waals surface area contributed by atoms with Crippen molar-refractivity contribution in [3.8, 4) is 11.5 Å². The Morgan fingerprint density at radius 3 is 2.14 bits per heavy atom. The molecular formula is C26H35N3O7. The van der Waals surface area contributed by atoms with E-state index in [0.717, 1.165) is 0 Å². The minimum atomic E-state index is -1.38. The van der Waals surface area contributed by atoms with E-state index in [-0.39, 0.29) is 11.3 Å². The third-order valence-electron chi connectivity index (χ3n) is 5.10. The molecule has 0 saturated heterocycles. The molecule has 3 amide bonds. The van der Waals surface area contributed by atoms with Crippen LogP contribution in [0.15, 0.2) is 48.5 Å². The highest BCUT2D eigenvalue weighted by Gasteiger charge is 2.38. The molecule has 2 unspecified atom stereocenters. The maximum Gasteiger partial charge on any atom is 0.408 e. The smallest absolute Gasteiger partial charge is 0.408 e. The average molecular weight is 502 g/mol. The lowest BCUT2D eigenvalue weighted by molar-refractivity contribution is -0.143. The predicted octanol–water partition coefficient (Wildman–Crippen LogP) is 3.20. The number of ether oxygens (including phenoxy) is 2. The van der Waals surface area contributed by atoms with Gasteiger partial charge >= 0.3 is 6.09 Å². The zero-order valence-electron chi connectivity index (χ0n) is 21.4. The van der Waals surface area contributed by atoms with E-state index >= 15 is 0 Å². The van der Waals surface area contributed by atoms with Crippen LogP contribution in [0.25, 0.3) is 0 Å². The summed E-state index contributed by atoms with van der Waals surface area (Å²) in [5.41, 5.74) is -0.191. The summed E-state index contributed by atoms with van der Waals surface area (Å²) < 4.78 is 10.3. The van der Waals surface area contributed by atoms with Crippen molar-refractivity contribution in [3.63, 3.8) is 0 Å². The lowest BCUT2D eigenvalue weighted by Crippen LogP contribution is -2.55. The maximum atomic E-state index is 13.6. The molecule has 196 valence electrons. The summed E-state index contributed by atoms with van der Waals surface area (Å²) in [6.45, 7) is 7.65. The lowest BCUT2D eigenvalue weighted by Gasteiger charge is -2.37. The second-order valence-electron chi connectivity index (χ2n) is 9.40. The number of carbonyl (C=O) groups excluding carboxylic acids is 3. The number of anilines is 1. The molecule has 0 aromatic heterocycles. The van der Waals surface area contributed by atoms with E-state index in [0.29, 0.717) is 11.4 Å². The van der Waals surface area contributed by atoms with Gasteiger partial charge in [-0.2, -0.15) is 0 Å². The first-order valence-electron chi connectivity index (χ1n) is 11.5. The van der Waals surface area contributed by atoms with Crippen molar-refractivity contribution in [2.24, 2.45) is 0 Å². The Balaban J connectivity index is 2.45. The number of carbonyl (C=O) groups is 3. The fourth-order valence-corrected chi connectivity index (χ4v) is 3.52. The molecule has 2 rings (SSSR count). The van der Waals surface area contributed by atoms with Crippen LogP contribution in [0.2, 0.25) is 0 Å². The van der Waals surface area contributed by atoms with Gasteiger partial charge in [-0.15, -0.1) is 0 Å². The number of hydrogen-bond acceptors (Lipinski definition) is 7. The molecule has 36 heavy (non-hydrogen) atoms. The standard InChI is InChI=1S/C26H35N3O7/c1-16(2)29(24(33)20(15-30)28-25(34)36-26(3,4)5)22(19-9-7-8-10-21(19)31)23(32)27-17-11-13-18(35-6)14-12-17/h7-14,16,20,22,30-31H,15H2,1-6H3,(H,27,32)(H,28,34). The van der Waals surface area contributed by atoms with E-state index < -0.39 is 48.2 Å². The summed E-state index contributed by atoms with van der Waals surface area (Å²) in [7, 11) is 1.52. The Hall–Kier alpha value is -3.79. The molecule has 0 bridgehead atoms. The topological polar surface area (TPSA) is 137 Å². The maximum absolute atomic E-state index is 13.6. The van der Waals surface area contributed by atoms with Gasteiger partial charge in [-0.25, -0.2) is 4.79 Å². The molecule has 0 aliphatic heterocycles. The molecule has 0 heterocycles. The largest absolute Gasteiger partial charge is 0.508 e. The van der Waals surface area contributed by atoms with E-state index in [1.807, 2.05) is 0 Å². The van der Waals surface area contributed by atoms with Crippen LogP contribution in [0, 0.1) is 0 Å². The van der Waals surface area contributed by atoms with Crippen LogP contribution < -0.4 is 15.4 Å². The average Bonchev–Trinajstić information content (AvgIpc) is 2.80. The van der Waals surface area contributed by atoms with E-state index in [1.165, 1.54) is 24.1 Å². The first-order valence-corrected chi connectivity index (χ1v) is 11.5. The molecule has 0 radical (unpaired) electrons. The minimum Gasteiger partial charge on any atom is -0.508 e. The highest BCUT2D eigenvalue weighted by molar-refractivity contribution is 5.99. The number of aliphatic hydroxyl groups excluding tert-OH is 1. The Morgan fingerprint density at radius 1 is 1.03 bits per heavy atom. The van der Waals surface area contributed by atoms with Crippen molar-refractivity contribution in [3.05, 3.63) is 54.1 Å². The molecule has 0 spiro atoms. The number of para-hydroxylation sites is 1. The van der Waals surface area contributed by atoms with Gasteiger partial charge in [0.1, 0.15) is 29.2 Å². The second-order valence-corrected chi connectivity index (χ2v) is 9.40. The predicted molar refractivity (Wildman–Crippen MR) is 135 cm³/mol. The fraction of sp³-hybridized carbons (Fsp3) is 0.423. The van der Waals surface area contributed by atoms with E-state index in [4.69, 9.17) is 9.47 Å². The summed E-state index contributed by atoms with van der Waals surface area (Å²) in [6.07, 6.45) is -0.889. The third kappa shape index (κ3) is 7.61. The number of nitrogens with one attached hydrogen (secondary N) is 2. The number of amides is 3. The zero-order chi connectivity index (χ0) is 27.0. The summed E-state index contributed by atoms with van der Waals surface area (Å²) in [6, 6.07) is 9.57. The van der Waals surface area contributed by atoms with Crippen LogP contribution in [0.4, 0.5) is 10.5 Å². The first kappa shape index (κ1) is 28.4. The number of aliphatic hydroxyl groups is 1. The van der Waals surface area contributed by atoms with Gasteiger partial charge in [0.25, 0.3) is 5.91 Å². The molecule has 10 heteroatoms.